The maximum Gasteiger partial charge on any atom is 0.419 e. The van der Waals surface area contributed by atoms with E-state index in [4.69, 9.17) is 14.0 Å². The van der Waals surface area contributed by atoms with Crippen LogP contribution in [0.4, 0.5) is 13.2 Å². The van der Waals surface area contributed by atoms with E-state index in [9.17, 15) is 26.4 Å². The molecule has 6 nitrogen and oxygen atoms in total. The molecular weight excluding hydrogens is 461 g/mol. The Morgan fingerprint density at radius 2 is 1.79 bits per heavy atom. The van der Waals surface area contributed by atoms with Gasteiger partial charge in [0.05, 0.1) is 11.1 Å². The first kappa shape index (κ1) is 25.4. The van der Waals surface area contributed by atoms with Crippen molar-refractivity contribution in [1.82, 2.24) is 0 Å². The van der Waals surface area contributed by atoms with Crippen molar-refractivity contribution in [3.05, 3.63) is 29.3 Å². The quantitative estimate of drug-likeness (QED) is 0.343. The molecule has 0 amide bonds. The van der Waals surface area contributed by atoms with Gasteiger partial charge in [0.1, 0.15) is 18.1 Å². The number of carbonyl (C=O) groups is 1. The van der Waals surface area contributed by atoms with Gasteiger partial charge in [0.25, 0.3) is 10.1 Å². The highest BCUT2D eigenvalue weighted by molar-refractivity contribution is 7.85. The first-order valence-corrected chi connectivity index (χ1v) is 12.6. The van der Waals surface area contributed by atoms with E-state index in [1.165, 1.54) is 0 Å². The third-order valence-electron chi connectivity index (χ3n) is 5.92. The van der Waals surface area contributed by atoms with Crippen molar-refractivity contribution >= 4 is 16.1 Å². The fraction of sp³-hybridized carbons (Fsp3) is 0.609. The average Bonchev–Trinajstić information content (AvgIpc) is 3.25. The van der Waals surface area contributed by atoms with Crippen molar-refractivity contribution in [1.29, 1.82) is 0 Å². The van der Waals surface area contributed by atoms with Crippen LogP contribution < -0.4 is 4.74 Å². The molecule has 0 radical (unpaired) electrons. The monoisotopic (exact) mass is 488 g/mol. The zero-order valence-corrected chi connectivity index (χ0v) is 18.9. The Morgan fingerprint density at radius 1 is 1.12 bits per heavy atom. The lowest BCUT2D eigenvalue weighted by molar-refractivity contribution is -0.139. The molecule has 0 bridgehead atoms. The highest BCUT2D eigenvalue weighted by atomic mass is 32.2. The molecule has 2 saturated carbocycles. The molecule has 1 aromatic carbocycles. The summed E-state index contributed by atoms with van der Waals surface area (Å²) < 4.78 is 82.1. The number of hydrogen-bond acceptors (Lipinski definition) is 5. The van der Waals surface area contributed by atoms with E-state index in [0.29, 0.717) is 12.8 Å². The predicted molar refractivity (Wildman–Crippen MR) is 114 cm³/mol. The van der Waals surface area contributed by atoms with Gasteiger partial charge in [0.15, 0.2) is 5.60 Å². The lowest BCUT2D eigenvalue weighted by Gasteiger charge is -2.34. The Morgan fingerprint density at radius 3 is 2.39 bits per heavy atom. The van der Waals surface area contributed by atoms with Gasteiger partial charge < -0.3 is 9.47 Å². The van der Waals surface area contributed by atoms with Gasteiger partial charge in [-0.15, -0.1) is 0 Å². The van der Waals surface area contributed by atoms with E-state index in [1.54, 1.807) is 0 Å². The number of esters is 1. The molecule has 0 aromatic heterocycles. The summed E-state index contributed by atoms with van der Waals surface area (Å²) in [4.78, 5) is 12.3. The third kappa shape index (κ3) is 7.37. The smallest absolute Gasteiger partial charge is 0.419 e. The molecule has 1 N–H and O–H groups in total. The average molecular weight is 489 g/mol. The number of ether oxygens (including phenoxy) is 2. The molecule has 0 heterocycles. The van der Waals surface area contributed by atoms with Crippen LogP contribution in [-0.2, 0) is 21.0 Å². The minimum Gasteiger partial charge on any atom is -0.474 e. The summed E-state index contributed by atoms with van der Waals surface area (Å²) in [6.45, 7) is -0.633. The van der Waals surface area contributed by atoms with Crippen LogP contribution >= 0.6 is 0 Å². The lowest BCUT2D eigenvalue weighted by Crippen LogP contribution is -2.37. The molecule has 3 rings (SSSR count). The van der Waals surface area contributed by atoms with Crippen molar-refractivity contribution in [3.63, 3.8) is 0 Å². The zero-order chi connectivity index (χ0) is 24.1. The zero-order valence-electron chi connectivity index (χ0n) is 18.1. The summed E-state index contributed by atoms with van der Waals surface area (Å²) in [5, 5.41) is 0. The lowest BCUT2D eigenvalue weighted by atomic mass is 9.84. The summed E-state index contributed by atoms with van der Waals surface area (Å²) in [5.41, 5.74) is -2.30. The summed E-state index contributed by atoms with van der Waals surface area (Å²) in [5.74, 6) is 4.25. The van der Waals surface area contributed by atoms with Gasteiger partial charge >= 0.3 is 12.1 Å². The van der Waals surface area contributed by atoms with Crippen molar-refractivity contribution in [2.75, 3.05) is 12.4 Å². The number of carbonyl (C=O) groups excluding carboxylic acids is 1. The summed E-state index contributed by atoms with van der Waals surface area (Å²) in [6.07, 6.45) is 2.90. The molecule has 1 aromatic rings. The summed E-state index contributed by atoms with van der Waals surface area (Å²) >= 11 is 0. The van der Waals surface area contributed by atoms with Crippen LogP contribution in [-0.4, -0.2) is 36.9 Å². The molecule has 0 atom stereocenters. The highest BCUT2D eigenvalue weighted by Crippen LogP contribution is 2.41. The minimum atomic E-state index is -4.71. The van der Waals surface area contributed by atoms with E-state index in [1.807, 2.05) is 0 Å². The number of alkyl halides is 3. The molecule has 0 saturated heterocycles. The Kier molecular flexibility index (Phi) is 7.96. The molecule has 10 heteroatoms. The van der Waals surface area contributed by atoms with Crippen LogP contribution in [0, 0.1) is 17.8 Å². The van der Waals surface area contributed by atoms with Crippen LogP contribution in [0.2, 0.25) is 0 Å². The second kappa shape index (κ2) is 10.3. The first-order chi connectivity index (χ1) is 15.5. The van der Waals surface area contributed by atoms with Crippen LogP contribution in [0.3, 0.4) is 0 Å². The van der Waals surface area contributed by atoms with E-state index in [-0.39, 0.29) is 11.5 Å². The van der Waals surface area contributed by atoms with Crippen LogP contribution in [0.25, 0.3) is 0 Å². The van der Waals surface area contributed by atoms with Crippen molar-refractivity contribution in [3.8, 4) is 17.6 Å². The van der Waals surface area contributed by atoms with Gasteiger partial charge in [-0.3, -0.25) is 4.55 Å². The first-order valence-electron chi connectivity index (χ1n) is 11.0. The van der Waals surface area contributed by atoms with E-state index in [2.05, 4.69) is 11.8 Å². The molecule has 2 fully saturated rings. The Bertz CT molecular complexity index is 1010. The van der Waals surface area contributed by atoms with Gasteiger partial charge in [-0.25, -0.2) is 4.79 Å². The Hall–Kier alpha value is -2.25. The summed E-state index contributed by atoms with van der Waals surface area (Å²) in [7, 11) is -4.34. The molecule has 2 aliphatic carbocycles. The second-order valence-corrected chi connectivity index (χ2v) is 10.1. The largest absolute Gasteiger partial charge is 0.474 e. The van der Waals surface area contributed by atoms with Gasteiger partial charge in [-0.05, 0) is 56.7 Å². The van der Waals surface area contributed by atoms with Crippen molar-refractivity contribution in [2.24, 2.45) is 5.92 Å². The maximum absolute atomic E-state index is 13.7. The van der Waals surface area contributed by atoms with Crippen LogP contribution in [0.1, 0.15) is 73.7 Å². The fourth-order valence-corrected chi connectivity index (χ4v) is 4.47. The Labute approximate surface area is 191 Å². The van der Waals surface area contributed by atoms with E-state index < -0.39 is 51.5 Å². The standard InChI is InChI=1S/C23H27F3O6S/c24-23(25,26)19-9-8-18(21(27)31-14-15-33(28,29)30)16-20(19)32-22(11-4-1-5-12-22)13-10-17-6-2-3-7-17/h8-9,16-17H,1-7,11-12,14-15H2,(H,28,29,30). The van der Waals surface area contributed by atoms with Gasteiger partial charge in [0.2, 0.25) is 0 Å². The topological polar surface area (TPSA) is 89.9 Å². The normalized spacial score (nSPS) is 18.9. The van der Waals surface area contributed by atoms with E-state index in [0.717, 1.165) is 63.1 Å². The molecule has 0 unspecified atom stereocenters. The molecule has 182 valence electrons. The number of rotatable bonds is 6. The Balaban J connectivity index is 1.89. The number of benzene rings is 1. The fourth-order valence-electron chi connectivity index (χ4n) is 4.18. The van der Waals surface area contributed by atoms with Crippen LogP contribution in [0.5, 0.6) is 5.75 Å². The van der Waals surface area contributed by atoms with Crippen molar-refractivity contribution in [2.45, 2.75) is 69.6 Å². The third-order valence-corrected chi connectivity index (χ3v) is 6.61. The number of halogens is 3. The molecule has 0 aliphatic heterocycles. The van der Waals surface area contributed by atoms with Crippen LogP contribution in [0.15, 0.2) is 18.2 Å². The van der Waals surface area contributed by atoms with Crippen molar-refractivity contribution < 1.29 is 40.4 Å². The molecule has 33 heavy (non-hydrogen) atoms. The second-order valence-electron chi connectivity index (χ2n) is 8.54. The molecular formula is C23H27F3O6S. The molecule has 2 aliphatic rings. The maximum atomic E-state index is 13.7. The number of hydrogen-bond donors (Lipinski definition) is 1. The minimum absolute atomic E-state index is 0.219. The van der Waals surface area contributed by atoms with E-state index >= 15 is 0 Å². The van der Waals surface area contributed by atoms with Gasteiger partial charge in [-0.2, -0.15) is 21.6 Å². The van der Waals surface area contributed by atoms with Gasteiger partial charge in [-0.1, -0.05) is 31.1 Å². The SMILES string of the molecule is O=C(OCCS(=O)(=O)O)c1ccc(C(F)(F)F)c(OC2(C#CC3CCCC3)CCCCC2)c1. The highest BCUT2D eigenvalue weighted by Gasteiger charge is 2.39. The predicted octanol–water partition coefficient (Wildman–Crippen LogP) is 5.03. The molecule has 0 spiro atoms. The summed E-state index contributed by atoms with van der Waals surface area (Å²) in [6, 6.07) is 2.66. The van der Waals surface area contributed by atoms with Gasteiger partial charge in [0, 0.05) is 5.92 Å².